The number of anilines is 1. The number of nitrogens with zero attached hydrogens (tertiary/aromatic N) is 4. The summed E-state index contributed by atoms with van der Waals surface area (Å²) >= 11 is 0. The van der Waals surface area contributed by atoms with Gasteiger partial charge in [-0.15, -0.1) is 0 Å². The predicted octanol–water partition coefficient (Wildman–Crippen LogP) is 4.36. The second-order valence-corrected chi connectivity index (χ2v) is 6.71. The molecule has 1 aliphatic rings. The molecule has 0 radical (unpaired) electrons. The van der Waals surface area contributed by atoms with E-state index >= 15 is 0 Å². The minimum atomic E-state index is -4.44. The van der Waals surface area contributed by atoms with E-state index in [4.69, 9.17) is 0 Å². The van der Waals surface area contributed by atoms with Gasteiger partial charge >= 0.3 is 6.18 Å². The van der Waals surface area contributed by atoms with E-state index in [1.165, 1.54) is 6.07 Å². The highest BCUT2D eigenvalue weighted by Crippen LogP contribution is 2.33. The summed E-state index contributed by atoms with van der Waals surface area (Å²) in [5.74, 6) is 0.686. The van der Waals surface area contributed by atoms with E-state index in [2.05, 4.69) is 15.0 Å². The number of halogens is 4. The molecule has 0 spiro atoms. The number of hydrogen-bond acceptors (Lipinski definition) is 4. The van der Waals surface area contributed by atoms with Gasteiger partial charge in [-0.2, -0.15) is 13.2 Å². The Kier molecular flexibility index (Phi) is 4.01. The van der Waals surface area contributed by atoms with E-state index in [0.717, 1.165) is 12.3 Å². The van der Waals surface area contributed by atoms with Crippen molar-refractivity contribution in [1.29, 1.82) is 0 Å². The molecule has 140 valence electrons. The Morgan fingerprint density at radius 1 is 1.07 bits per heavy atom. The summed E-state index contributed by atoms with van der Waals surface area (Å²) in [6.07, 6.45) is -3.08. The summed E-state index contributed by atoms with van der Waals surface area (Å²) in [5.41, 5.74) is 1.48. The molecule has 0 atom stereocenters. The van der Waals surface area contributed by atoms with Crippen molar-refractivity contribution < 1.29 is 17.6 Å². The van der Waals surface area contributed by atoms with Crippen LogP contribution in [0.4, 0.5) is 23.4 Å². The third kappa shape index (κ3) is 3.20. The van der Waals surface area contributed by atoms with Gasteiger partial charge in [0.05, 0.1) is 11.1 Å². The molecule has 1 aromatic carbocycles. The minimum Gasteiger partial charge on any atom is -0.351 e. The van der Waals surface area contributed by atoms with Crippen LogP contribution in [0.15, 0.2) is 24.4 Å². The van der Waals surface area contributed by atoms with Crippen molar-refractivity contribution >= 4 is 16.7 Å². The summed E-state index contributed by atoms with van der Waals surface area (Å²) in [6.45, 7) is 4.16. The third-order valence-electron chi connectivity index (χ3n) is 4.73. The zero-order valence-corrected chi connectivity index (χ0v) is 14.7. The second kappa shape index (κ2) is 6.14. The molecule has 4 rings (SSSR count). The van der Waals surface area contributed by atoms with Crippen molar-refractivity contribution in [1.82, 2.24) is 15.0 Å². The van der Waals surface area contributed by atoms with Gasteiger partial charge < -0.3 is 4.90 Å². The first-order valence-corrected chi connectivity index (χ1v) is 8.47. The molecule has 3 heterocycles. The first-order valence-electron chi connectivity index (χ1n) is 8.47. The first kappa shape index (κ1) is 17.6. The van der Waals surface area contributed by atoms with Gasteiger partial charge in [-0.05, 0) is 43.2 Å². The van der Waals surface area contributed by atoms with Crippen molar-refractivity contribution in [2.75, 3.05) is 11.4 Å². The number of rotatable bonds is 1. The van der Waals surface area contributed by atoms with E-state index in [9.17, 15) is 17.6 Å². The van der Waals surface area contributed by atoms with Gasteiger partial charge in [0.2, 0.25) is 0 Å². The van der Waals surface area contributed by atoms with E-state index in [-0.39, 0.29) is 12.4 Å². The van der Waals surface area contributed by atoms with Crippen molar-refractivity contribution in [3.8, 4) is 0 Å². The van der Waals surface area contributed by atoms with Crippen molar-refractivity contribution in [3.63, 3.8) is 0 Å². The highest BCUT2D eigenvalue weighted by molar-refractivity contribution is 5.90. The van der Waals surface area contributed by atoms with Crippen LogP contribution in [0.3, 0.4) is 0 Å². The molecule has 0 N–H and O–H groups in total. The predicted molar refractivity (Wildman–Crippen MR) is 93.0 cm³/mol. The standard InChI is InChI=1S/C19H16F4N4/c1-10-5-17-14(7-15(10)20)18(26-11(2)25-17)27-4-3-16-12(9-27)6-13(8-24-16)19(21,22)23/h5-8H,3-4,9H2,1-2H3. The van der Waals surface area contributed by atoms with E-state index in [1.54, 1.807) is 19.9 Å². The Morgan fingerprint density at radius 3 is 2.59 bits per heavy atom. The molecule has 0 saturated carbocycles. The molecule has 8 heteroatoms. The maximum Gasteiger partial charge on any atom is 0.417 e. The lowest BCUT2D eigenvalue weighted by Crippen LogP contribution is -2.32. The SMILES string of the molecule is Cc1nc(N2CCc3ncc(C(F)(F)F)cc3C2)c2cc(F)c(C)cc2n1. The van der Waals surface area contributed by atoms with E-state index in [1.807, 2.05) is 4.90 Å². The number of pyridine rings is 1. The maximum atomic E-state index is 14.1. The highest BCUT2D eigenvalue weighted by atomic mass is 19.4. The monoisotopic (exact) mass is 376 g/mol. The van der Waals surface area contributed by atoms with Crippen molar-refractivity contribution in [3.05, 3.63) is 58.4 Å². The lowest BCUT2D eigenvalue weighted by molar-refractivity contribution is -0.137. The van der Waals surface area contributed by atoms with Crippen LogP contribution in [0.25, 0.3) is 10.9 Å². The molecule has 0 fully saturated rings. The first-order chi connectivity index (χ1) is 12.7. The number of alkyl halides is 3. The van der Waals surface area contributed by atoms with Crippen molar-refractivity contribution in [2.24, 2.45) is 0 Å². The molecule has 1 aliphatic heterocycles. The molecule has 0 bridgehead atoms. The fraction of sp³-hybridized carbons (Fsp3) is 0.316. The quantitative estimate of drug-likeness (QED) is 0.592. The Labute approximate surface area is 152 Å². The van der Waals surface area contributed by atoms with Gasteiger partial charge in [-0.1, -0.05) is 0 Å². The molecule has 0 saturated heterocycles. The van der Waals surface area contributed by atoms with Gasteiger partial charge in [-0.3, -0.25) is 4.98 Å². The largest absolute Gasteiger partial charge is 0.417 e. The normalized spacial score (nSPS) is 14.5. The van der Waals surface area contributed by atoms with Crippen LogP contribution in [0, 0.1) is 19.7 Å². The Balaban J connectivity index is 1.79. The maximum absolute atomic E-state index is 14.1. The lowest BCUT2D eigenvalue weighted by atomic mass is 10.0. The fourth-order valence-electron chi connectivity index (χ4n) is 3.35. The van der Waals surface area contributed by atoms with Gasteiger partial charge in [0, 0.05) is 36.8 Å². The topological polar surface area (TPSA) is 41.9 Å². The van der Waals surface area contributed by atoms with Crippen LogP contribution < -0.4 is 4.90 Å². The zero-order chi connectivity index (χ0) is 19.3. The third-order valence-corrected chi connectivity index (χ3v) is 4.73. The summed E-state index contributed by atoms with van der Waals surface area (Å²) in [5, 5.41) is 0.548. The van der Waals surface area contributed by atoms with Gasteiger partial charge in [0.1, 0.15) is 17.5 Å². The second-order valence-electron chi connectivity index (χ2n) is 6.71. The molecule has 0 amide bonds. The molecule has 2 aromatic heterocycles. The average Bonchev–Trinajstić information content (AvgIpc) is 2.61. The Bertz CT molecular complexity index is 1050. The van der Waals surface area contributed by atoms with Gasteiger partial charge in [0.25, 0.3) is 0 Å². The van der Waals surface area contributed by atoms with Crippen LogP contribution in [0.2, 0.25) is 0 Å². The van der Waals surface area contributed by atoms with Crippen molar-refractivity contribution in [2.45, 2.75) is 33.0 Å². The number of benzene rings is 1. The van der Waals surface area contributed by atoms with Gasteiger partial charge in [0.15, 0.2) is 0 Å². The summed E-state index contributed by atoms with van der Waals surface area (Å²) in [6, 6.07) is 4.18. The zero-order valence-electron chi connectivity index (χ0n) is 14.7. The van der Waals surface area contributed by atoms with Crippen LogP contribution in [0.5, 0.6) is 0 Å². The molecule has 0 unspecified atom stereocenters. The highest BCUT2D eigenvalue weighted by Gasteiger charge is 2.32. The summed E-state index contributed by atoms with van der Waals surface area (Å²) < 4.78 is 53.1. The van der Waals surface area contributed by atoms with E-state index in [0.29, 0.717) is 52.3 Å². The average molecular weight is 376 g/mol. The van der Waals surface area contributed by atoms with Crippen LogP contribution in [0.1, 0.15) is 28.2 Å². The molecule has 0 aliphatic carbocycles. The molecule has 4 nitrogen and oxygen atoms in total. The molecular formula is C19H16F4N4. The number of aromatic nitrogens is 3. The van der Waals surface area contributed by atoms with Crippen LogP contribution in [-0.4, -0.2) is 21.5 Å². The Hall–Kier alpha value is -2.77. The van der Waals surface area contributed by atoms with E-state index < -0.39 is 11.7 Å². The number of fused-ring (bicyclic) bond motifs is 2. The van der Waals surface area contributed by atoms with Crippen LogP contribution in [-0.2, 0) is 19.1 Å². The molecular weight excluding hydrogens is 360 g/mol. The molecule has 3 aromatic rings. The Morgan fingerprint density at radius 2 is 1.85 bits per heavy atom. The fourth-order valence-corrected chi connectivity index (χ4v) is 3.35. The van der Waals surface area contributed by atoms with Crippen LogP contribution >= 0.6 is 0 Å². The molecule has 27 heavy (non-hydrogen) atoms. The smallest absolute Gasteiger partial charge is 0.351 e. The number of hydrogen-bond donors (Lipinski definition) is 0. The summed E-state index contributed by atoms with van der Waals surface area (Å²) in [7, 11) is 0. The minimum absolute atomic E-state index is 0.229. The lowest BCUT2D eigenvalue weighted by Gasteiger charge is -2.30. The van der Waals surface area contributed by atoms with Gasteiger partial charge in [-0.25, -0.2) is 14.4 Å². The number of aryl methyl sites for hydroxylation is 2. The summed E-state index contributed by atoms with van der Waals surface area (Å²) in [4.78, 5) is 14.6.